The number of aromatic nitrogens is 4. The molecule has 1 amide bonds. The maximum atomic E-state index is 12.9. The van der Waals surface area contributed by atoms with Gasteiger partial charge in [0.1, 0.15) is 5.82 Å². The van der Waals surface area contributed by atoms with Crippen LogP contribution in [-0.4, -0.2) is 32.8 Å². The lowest BCUT2D eigenvalue weighted by Gasteiger charge is -2.04. The zero-order valence-electron chi connectivity index (χ0n) is 15.2. The summed E-state index contributed by atoms with van der Waals surface area (Å²) in [5.41, 5.74) is 2.94. The summed E-state index contributed by atoms with van der Waals surface area (Å²) in [7, 11) is 0. The molecular formula is C19H22FN5O2. The minimum Gasteiger partial charge on any atom is -0.356 e. The molecule has 0 fully saturated rings. The smallest absolute Gasteiger partial charge is 0.226 e. The number of carbonyl (C=O) groups excluding carboxylic acids is 1. The Labute approximate surface area is 156 Å². The largest absolute Gasteiger partial charge is 0.356 e. The third kappa shape index (κ3) is 5.47. The van der Waals surface area contributed by atoms with Crippen molar-refractivity contribution in [2.24, 2.45) is 0 Å². The Morgan fingerprint density at radius 2 is 2.04 bits per heavy atom. The molecule has 0 unspecified atom stereocenters. The third-order valence-electron chi connectivity index (χ3n) is 4.24. The van der Waals surface area contributed by atoms with E-state index in [1.165, 1.54) is 17.7 Å². The van der Waals surface area contributed by atoms with Gasteiger partial charge in [0.25, 0.3) is 0 Å². The van der Waals surface area contributed by atoms with E-state index >= 15 is 0 Å². The summed E-state index contributed by atoms with van der Waals surface area (Å²) >= 11 is 0. The van der Waals surface area contributed by atoms with E-state index in [4.69, 9.17) is 4.52 Å². The van der Waals surface area contributed by atoms with Crippen molar-refractivity contribution in [1.82, 2.24) is 25.7 Å². The molecule has 8 heteroatoms. The van der Waals surface area contributed by atoms with E-state index in [0.717, 1.165) is 18.5 Å². The first kappa shape index (κ1) is 18.8. The van der Waals surface area contributed by atoms with Gasteiger partial charge in [-0.25, -0.2) is 4.39 Å². The van der Waals surface area contributed by atoms with Gasteiger partial charge in [0.15, 0.2) is 0 Å². The molecule has 0 aliphatic carbocycles. The lowest BCUT2D eigenvalue weighted by Crippen LogP contribution is -2.24. The molecule has 3 aromatic rings. The van der Waals surface area contributed by atoms with Crippen LogP contribution in [0.1, 0.15) is 36.4 Å². The number of nitrogens with one attached hydrogen (secondary N) is 2. The summed E-state index contributed by atoms with van der Waals surface area (Å²) in [5, 5.41) is 13.7. The summed E-state index contributed by atoms with van der Waals surface area (Å²) in [4.78, 5) is 16.2. The summed E-state index contributed by atoms with van der Waals surface area (Å²) < 4.78 is 18.1. The number of carbonyl (C=O) groups is 1. The SMILES string of the molecule is Cc1[nH]ncc1CCCNC(=O)CCCc1nc(-c2ccc(F)cc2)no1. The van der Waals surface area contributed by atoms with E-state index in [1.54, 1.807) is 12.1 Å². The van der Waals surface area contributed by atoms with Gasteiger partial charge in [-0.2, -0.15) is 10.1 Å². The minimum atomic E-state index is -0.312. The summed E-state index contributed by atoms with van der Waals surface area (Å²) in [5.74, 6) is 0.590. The zero-order chi connectivity index (χ0) is 19.1. The molecule has 2 heterocycles. The first-order valence-corrected chi connectivity index (χ1v) is 8.96. The van der Waals surface area contributed by atoms with Gasteiger partial charge >= 0.3 is 0 Å². The van der Waals surface area contributed by atoms with Crippen LogP contribution in [0.5, 0.6) is 0 Å². The molecule has 2 aromatic heterocycles. The van der Waals surface area contributed by atoms with Gasteiger partial charge in [-0.15, -0.1) is 0 Å². The Morgan fingerprint density at radius 3 is 2.78 bits per heavy atom. The number of amides is 1. The molecule has 27 heavy (non-hydrogen) atoms. The fourth-order valence-corrected chi connectivity index (χ4v) is 2.70. The lowest BCUT2D eigenvalue weighted by molar-refractivity contribution is -0.121. The van der Waals surface area contributed by atoms with E-state index in [0.29, 0.717) is 43.1 Å². The van der Waals surface area contributed by atoms with Gasteiger partial charge in [0, 0.05) is 30.6 Å². The lowest BCUT2D eigenvalue weighted by atomic mass is 10.1. The number of nitrogens with zero attached hydrogens (tertiary/aromatic N) is 3. The van der Waals surface area contributed by atoms with E-state index in [9.17, 15) is 9.18 Å². The Balaban J connectivity index is 1.34. The van der Waals surface area contributed by atoms with Gasteiger partial charge in [0.05, 0.1) is 6.20 Å². The molecule has 0 spiro atoms. The molecule has 142 valence electrons. The van der Waals surface area contributed by atoms with Gasteiger partial charge in [-0.3, -0.25) is 9.89 Å². The normalized spacial score (nSPS) is 10.9. The number of H-pyrrole nitrogens is 1. The Hall–Kier alpha value is -3.03. The fourth-order valence-electron chi connectivity index (χ4n) is 2.70. The molecule has 0 saturated heterocycles. The van der Waals surface area contributed by atoms with Gasteiger partial charge < -0.3 is 9.84 Å². The Morgan fingerprint density at radius 1 is 1.22 bits per heavy atom. The van der Waals surface area contributed by atoms with Crippen LogP contribution < -0.4 is 5.32 Å². The number of aromatic amines is 1. The standard InChI is InChI=1S/C19H22FN5O2/c1-13-15(12-22-24-13)4-3-11-21-17(26)5-2-6-18-23-19(25-27-18)14-7-9-16(20)10-8-14/h7-10,12H,2-6,11H2,1H3,(H,21,26)(H,22,24). The van der Waals surface area contributed by atoms with Crippen LogP contribution in [0.2, 0.25) is 0 Å². The number of rotatable bonds is 9. The zero-order valence-corrected chi connectivity index (χ0v) is 15.2. The van der Waals surface area contributed by atoms with Crippen LogP contribution >= 0.6 is 0 Å². The second-order valence-electron chi connectivity index (χ2n) is 6.35. The van der Waals surface area contributed by atoms with Crippen molar-refractivity contribution in [3.63, 3.8) is 0 Å². The van der Waals surface area contributed by atoms with E-state index in [2.05, 4.69) is 25.7 Å². The fraction of sp³-hybridized carbons (Fsp3) is 0.368. The van der Waals surface area contributed by atoms with Gasteiger partial charge in [-0.05, 0) is 56.0 Å². The number of hydrogen-bond donors (Lipinski definition) is 2. The molecule has 0 saturated carbocycles. The first-order chi connectivity index (χ1) is 13.1. The van der Waals surface area contributed by atoms with Crippen molar-refractivity contribution in [1.29, 1.82) is 0 Å². The van der Waals surface area contributed by atoms with Crippen molar-refractivity contribution in [3.8, 4) is 11.4 Å². The molecule has 2 N–H and O–H groups in total. The Bertz CT molecular complexity index is 872. The first-order valence-electron chi connectivity index (χ1n) is 8.96. The highest BCUT2D eigenvalue weighted by molar-refractivity contribution is 5.75. The molecule has 0 aliphatic rings. The monoisotopic (exact) mass is 371 g/mol. The molecule has 7 nitrogen and oxygen atoms in total. The number of halogens is 1. The van der Waals surface area contributed by atoms with E-state index in [-0.39, 0.29) is 11.7 Å². The minimum absolute atomic E-state index is 0.0113. The molecule has 0 bridgehead atoms. The number of hydrogen-bond acceptors (Lipinski definition) is 5. The van der Waals surface area contributed by atoms with Crippen molar-refractivity contribution < 1.29 is 13.7 Å². The molecule has 0 radical (unpaired) electrons. The highest BCUT2D eigenvalue weighted by Crippen LogP contribution is 2.16. The molecule has 3 rings (SSSR count). The van der Waals surface area contributed by atoms with Crippen LogP contribution in [0.4, 0.5) is 4.39 Å². The summed E-state index contributed by atoms with van der Waals surface area (Å²) in [6.45, 7) is 2.62. The van der Waals surface area contributed by atoms with Gasteiger partial charge in [0.2, 0.25) is 17.6 Å². The predicted molar refractivity (Wildman–Crippen MR) is 97.3 cm³/mol. The second kappa shape index (κ2) is 9.07. The topological polar surface area (TPSA) is 96.7 Å². The van der Waals surface area contributed by atoms with Crippen LogP contribution in [0, 0.1) is 12.7 Å². The average molecular weight is 371 g/mol. The summed E-state index contributed by atoms with van der Waals surface area (Å²) in [6, 6.07) is 5.90. The maximum Gasteiger partial charge on any atom is 0.226 e. The van der Waals surface area contributed by atoms with Crippen LogP contribution in [0.3, 0.4) is 0 Å². The van der Waals surface area contributed by atoms with Crippen molar-refractivity contribution in [3.05, 3.63) is 53.4 Å². The van der Waals surface area contributed by atoms with Gasteiger partial charge in [-0.1, -0.05) is 5.16 Å². The highest BCUT2D eigenvalue weighted by atomic mass is 19.1. The quantitative estimate of drug-likeness (QED) is 0.564. The van der Waals surface area contributed by atoms with Crippen LogP contribution in [0.25, 0.3) is 11.4 Å². The molecule has 0 aliphatic heterocycles. The Kier molecular flexibility index (Phi) is 6.30. The van der Waals surface area contributed by atoms with Crippen LogP contribution in [0.15, 0.2) is 35.0 Å². The molecular weight excluding hydrogens is 349 g/mol. The summed E-state index contributed by atoms with van der Waals surface area (Å²) in [6.07, 6.45) is 5.13. The van der Waals surface area contributed by atoms with E-state index in [1.807, 2.05) is 13.1 Å². The average Bonchev–Trinajstić information content (AvgIpc) is 3.29. The van der Waals surface area contributed by atoms with Crippen molar-refractivity contribution in [2.75, 3.05) is 6.54 Å². The molecule has 1 aromatic carbocycles. The van der Waals surface area contributed by atoms with Crippen molar-refractivity contribution in [2.45, 2.75) is 39.0 Å². The number of benzene rings is 1. The maximum absolute atomic E-state index is 12.9. The predicted octanol–water partition coefficient (Wildman–Crippen LogP) is 2.98. The molecule has 0 atom stereocenters. The highest BCUT2D eigenvalue weighted by Gasteiger charge is 2.10. The van der Waals surface area contributed by atoms with Crippen LogP contribution in [-0.2, 0) is 17.6 Å². The van der Waals surface area contributed by atoms with E-state index < -0.39 is 0 Å². The third-order valence-corrected chi connectivity index (χ3v) is 4.24. The number of aryl methyl sites for hydroxylation is 3. The second-order valence-corrected chi connectivity index (χ2v) is 6.35. The van der Waals surface area contributed by atoms with Crippen molar-refractivity contribution >= 4 is 5.91 Å².